The average Bonchev–Trinajstić information content (AvgIpc) is 2.13. The van der Waals surface area contributed by atoms with E-state index in [0.717, 1.165) is 0 Å². The molecule has 4 nitrogen and oxygen atoms in total. The van der Waals surface area contributed by atoms with E-state index in [2.05, 4.69) is 4.74 Å². The van der Waals surface area contributed by atoms with E-state index in [1.807, 2.05) is 20.8 Å². The lowest BCUT2D eigenvalue weighted by atomic mass is 9.81. The number of methoxy groups -OCH3 is 1. The van der Waals surface area contributed by atoms with Crippen molar-refractivity contribution in [1.29, 1.82) is 0 Å². The van der Waals surface area contributed by atoms with E-state index in [0.29, 0.717) is 6.61 Å². The second kappa shape index (κ2) is 6.08. The number of ether oxygens (including phenoxy) is 2. The largest absolute Gasteiger partial charge is 0.469 e. The van der Waals surface area contributed by atoms with Crippen molar-refractivity contribution in [3.8, 4) is 0 Å². The van der Waals surface area contributed by atoms with E-state index in [1.165, 1.54) is 7.11 Å². The predicted octanol–water partition coefficient (Wildman–Crippen LogP) is 1.22. The van der Waals surface area contributed by atoms with Crippen LogP contribution in [0.4, 0.5) is 0 Å². The van der Waals surface area contributed by atoms with Crippen LogP contribution in [0.25, 0.3) is 0 Å². The quantitative estimate of drug-likeness (QED) is 0.681. The van der Waals surface area contributed by atoms with Gasteiger partial charge in [0.1, 0.15) is 0 Å². The summed E-state index contributed by atoms with van der Waals surface area (Å²) in [6, 6.07) is 0. The summed E-state index contributed by atoms with van der Waals surface area (Å²) < 4.78 is 9.85. The standard InChI is InChI=1S/C11H22O4/c1-6-15-7-11(4,13)9(8(2)3)10(12)14-5/h8-9,13H,6-7H2,1-5H3. The first-order valence-corrected chi connectivity index (χ1v) is 5.24. The highest BCUT2D eigenvalue weighted by molar-refractivity contribution is 5.74. The Morgan fingerprint density at radius 3 is 2.33 bits per heavy atom. The first kappa shape index (κ1) is 14.4. The van der Waals surface area contributed by atoms with Crippen LogP contribution in [-0.2, 0) is 14.3 Å². The second-order valence-corrected chi connectivity index (χ2v) is 4.24. The molecule has 0 radical (unpaired) electrons. The molecule has 2 unspecified atom stereocenters. The fourth-order valence-corrected chi connectivity index (χ4v) is 1.77. The molecule has 2 atom stereocenters. The van der Waals surface area contributed by atoms with Gasteiger partial charge in [0, 0.05) is 6.61 Å². The first-order chi connectivity index (χ1) is 6.86. The number of carbonyl (C=O) groups is 1. The molecular weight excluding hydrogens is 196 g/mol. The normalized spacial score (nSPS) is 17.3. The number of rotatable bonds is 6. The first-order valence-electron chi connectivity index (χ1n) is 5.24. The van der Waals surface area contributed by atoms with Crippen LogP contribution < -0.4 is 0 Å². The smallest absolute Gasteiger partial charge is 0.311 e. The monoisotopic (exact) mass is 218 g/mol. The van der Waals surface area contributed by atoms with Crippen LogP contribution in [0.5, 0.6) is 0 Å². The minimum absolute atomic E-state index is 0.00732. The third-order valence-electron chi connectivity index (χ3n) is 2.39. The van der Waals surface area contributed by atoms with Gasteiger partial charge in [0.05, 0.1) is 25.2 Å². The van der Waals surface area contributed by atoms with Crippen molar-refractivity contribution in [3.05, 3.63) is 0 Å². The molecule has 0 aliphatic rings. The highest BCUT2D eigenvalue weighted by Crippen LogP contribution is 2.26. The fraction of sp³-hybridized carbons (Fsp3) is 0.909. The number of esters is 1. The van der Waals surface area contributed by atoms with Crippen molar-refractivity contribution in [3.63, 3.8) is 0 Å². The van der Waals surface area contributed by atoms with E-state index < -0.39 is 17.5 Å². The van der Waals surface area contributed by atoms with Crippen LogP contribution in [0.2, 0.25) is 0 Å². The van der Waals surface area contributed by atoms with Crippen LogP contribution in [0.15, 0.2) is 0 Å². The maximum Gasteiger partial charge on any atom is 0.311 e. The van der Waals surface area contributed by atoms with E-state index >= 15 is 0 Å². The van der Waals surface area contributed by atoms with Gasteiger partial charge in [-0.1, -0.05) is 13.8 Å². The molecule has 0 heterocycles. The summed E-state index contributed by atoms with van der Waals surface area (Å²) in [5.41, 5.74) is -1.18. The molecule has 0 spiro atoms. The number of aliphatic hydroxyl groups is 1. The summed E-state index contributed by atoms with van der Waals surface area (Å²) in [6.07, 6.45) is 0. The Kier molecular flexibility index (Phi) is 5.83. The lowest BCUT2D eigenvalue weighted by molar-refractivity contribution is -0.163. The molecule has 0 saturated heterocycles. The summed E-state index contributed by atoms with van der Waals surface area (Å²) in [4.78, 5) is 11.5. The minimum Gasteiger partial charge on any atom is -0.469 e. The van der Waals surface area contributed by atoms with E-state index in [4.69, 9.17) is 4.74 Å². The summed E-state index contributed by atoms with van der Waals surface area (Å²) in [5, 5.41) is 10.2. The lowest BCUT2D eigenvalue weighted by Crippen LogP contribution is -2.46. The molecule has 90 valence electrons. The van der Waals surface area contributed by atoms with Crippen LogP contribution >= 0.6 is 0 Å². The number of hydrogen-bond donors (Lipinski definition) is 1. The van der Waals surface area contributed by atoms with E-state index in [-0.39, 0.29) is 12.5 Å². The molecule has 0 aliphatic heterocycles. The van der Waals surface area contributed by atoms with Gasteiger partial charge in [0.15, 0.2) is 0 Å². The van der Waals surface area contributed by atoms with Crippen LogP contribution in [0.3, 0.4) is 0 Å². The van der Waals surface area contributed by atoms with Crippen LogP contribution in [0, 0.1) is 11.8 Å². The zero-order valence-corrected chi connectivity index (χ0v) is 10.2. The molecule has 0 aromatic heterocycles. The predicted molar refractivity (Wildman–Crippen MR) is 57.5 cm³/mol. The number of carbonyl (C=O) groups excluding carboxylic acids is 1. The molecule has 0 fully saturated rings. The van der Waals surface area contributed by atoms with Gasteiger partial charge < -0.3 is 14.6 Å². The Labute approximate surface area is 91.6 Å². The molecule has 0 amide bonds. The summed E-state index contributed by atoms with van der Waals surface area (Å²) in [6.45, 7) is 7.86. The molecule has 0 rings (SSSR count). The molecule has 0 aromatic rings. The van der Waals surface area contributed by atoms with E-state index in [1.54, 1.807) is 6.92 Å². The zero-order valence-electron chi connectivity index (χ0n) is 10.2. The Hall–Kier alpha value is -0.610. The zero-order chi connectivity index (χ0) is 12.1. The topological polar surface area (TPSA) is 55.8 Å². The lowest BCUT2D eigenvalue weighted by Gasteiger charge is -2.33. The molecule has 1 N–H and O–H groups in total. The van der Waals surface area contributed by atoms with Crippen molar-refractivity contribution in [2.75, 3.05) is 20.3 Å². The summed E-state index contributed by atoms with van der Waals surface area (Å²) in [7, 11) is 1.33. The van der Waals surface area contributed by atoms with Gasteiger partial charge in [-0.25, -0.2) is 0 Å². The van der Waals surface area contributed by atoms with Crippen molar-refractivity contribution in [2.24, 2.45) is 11.8 Å². The van der Waals surface area contributed by atoms with Gasteiger partial charge in [-0.3, -0.25) is 4.79 Å². The Morgan fingerprint density at radius 1 is 1.47 bits per heavy atom. The van der Waals surface area contributed by atoms with Crippen molar-refractivity contribution >= 4 is 5.97 Å². The van der Waals surface area contributed by atoms with Crippen LogP contribution in [-0.4, -0.2) is 37.0 Å². The summed E-state index contributed by atoms with van der Waals surface area (Å²) in [5.74, 6) is -0.948. The molecule has 4 heteroatoms. The Bertz CT molecular complexity index is 199. The highest BCUT2D eigenvalue weighted by atomic mass is 16.5. The molecule has 0 aliphatic carbocycles. The van der Waals surface area contributed by atoms with Crippen molar-refractivity contribution in [1.82, 2.24) is 0 Å². The maximum absolute atomic E-state index is 11.5. The molecular formula is C11H22O4. The van der Waals surface area contributed by atoms with Crippen molar-refractivity contribution < 1.29 is 19.4 Å². The average molecular weight is 218 g/mol. The molecule has 0 aromatic carbocycles. The van der Waals surface area contributed by atoms with Gasteiger partial charge in [-0.05, 0) is 19.8 Å². The molecule has 0 saturated carbocycles. The van der Waals surface area contributed by atoms with Gasteiger partial charge >= 0.3 is 5.97 Å². The number of hydrogen-bond acceptors (Lipinski definition) is 4. The SMILES string of the molecule is CCOCC(C)(O)C(C(=O)OC)C(C)C. The maximum atomic E-state index is 11.5. The fourth-order valence-electron chi connectivity index (χ4n) is 1.77. The van der Waals surface area contributed by atoms with Gasteiger partial charge in [-0.2, -0.15) is 0 Å². The third-order valence-corrected chi connectivity index (χ3v) is 2.39. The Balaban J connectivity index is 4.65. The van der Waals surface area contributed by atoms with Gasteiger partial charge in [0.2, 0.25) is 0 Å². The van der Waals surface area contributed by atoms with Crippen LogP contribution in [0.1, 0.15) is 27.7 Å². The Morgan fingerprint density at radius 2 is 2.00 bits per heavy atom. The third kappa shape index (κ3) is 4.18. The van der Waals surface area contributed by atoms with Crippen molar-refractivity contribution in [2.45, 2.75) is 33.3 Å². The summed E-state index contributed by atoms with van der Waals surface area (Å²) >= 11 is 0. The minimum atomic E-state index is -1.18. The van der Waals surface area contributed by atoms with Gasteiger partial charge in [0.25, 0.3) is 0 Å². The highest BCUT2D eigenvalue weighted by Gasteiger charge is 2.40. The van der Waals surface area contributed by atoms with E-state index in [9.17, 15) is 9.90 Å². The molecule has 15 heavy (non-hydrogen) atoms. The van der Waals surface area contributed by atoms with Gasteiger partial charge in [-0.15, -0.1) is 0 Å². The second-order valence-electron chi connectivity index (χ2n) is 4.24. The molecule has 0 bridgehead atoms.